The second-order valence-electron chi connectivity index (χ2n) is 7.03. The van der Waals surface area contributed by atoms with Crippen molar-refractivity contribution in [3.63, 3.8) is 0 Å². The summed E-state index contributed by atoms with van der Waals surface area (Å²) in [5.74, 6) is 0.539. The molecule has 0 radical (unpaired) electrons. The number of carbonyl (C=O) groups excluding carboxylic acids is 1. The minimum atomic E-state index is -0.373. The standard InChI is InChI=1S/C19H28ClN3O2.ClH/c1-25-19(24)18(16-5-2-6-17(20)12-16)23-10-8-22(9-11-23)14-15-4-3-7-21-13-15;/h2,5-6,12,15,18,21H,3-4,7-11,13-14H2,1H3;1H. The molecule has 2 saturated heterocycles. The minimum Gasteiger partial charge on any atom is -0.468 e. The molecule has 0 saturated carbocycles. The number of nitrogens with one attached hydrogen (secondary N) is 1. The number of hydrogen-bond acceptors (Lipinski definition) is 5. The molecular weight excluding hydrogens is 373 g/mol. The lowest BCUT2D eigenvalue weighted by Gasteiger charge is -2.40. The minimum absolute atomic E-state index is 0. The van der Waals surface area contributed by atoms with Crippen molar-refractivity contribution in [2.75, 3.05) is 52.9 Å². The van der Waals surface area contributed by atoms with Crippen molar-refractivity contribution >= 4 is 30.0 Å². The topological polar surface area (TPSA) is 44.8 Å². The van der Waals surface area contributed by atoms with E-state index < -0.39 is 0 Å². The summed E-state index contributed by atoms with van der Waals surface area (Å²) in [4.78, 5) is 17.1. The SMILES string of the molecule is COC(=O)C(c1cccc(Cl)c1)N1CCN(CC2CCCNC2)CC1.Cl. The third-order valence-corrected chi connectivity index (χ3v) is 5.51. The van der Waals surface area contributed by atoms with E-state index in [0.29, 0.717) is 5.02 Å². The van der Waals surface area contributed by atoms with E-state index in [-0.39, 0.29) is 24.4 Å². The Kier molecular flexibility index (Phi) is 8.64. The van der Waals surface area contributed by atoms with Crippen LogP contribution in [0.5, 0.6) is 0 Å². The lowest BCUT2D eigenvalue weighted by Crippen LogP contribution is -2.51. The van der Waals surface area contributed by atoms with Crippen molar-refractivity contribution < 1.29 is 9.53 Å². The molecule has 0 bridgehead atoms. The van der Waals surface area contributed by atoms with E-state index in [1.54, 1.807) is 0 Å². The summed E-state index contributed by atoms with van der Waals surface area (Å²) >= 11 is 6.12. The van der Waals surface area contributed by atoms with Gasteiger partial charge in [0.15, 0.2) is 0 Å². The van der Waals surface area contributed by atoms with Gasteiger partial charge >= 0.3 is 5.97 Å². The number of nitrogens with zero attached hydrogens (tertiary/aromatic N) is 2. The predicted octanol–water partition coefficient (Wildman–Crippen LogP) is 2.59. The third-order valence-electron chi connectivity index (χ3n) is 5.28. The Bertz CT molecular complexity index is 574. The highest BCUT2D eigenvalue weighted by atomic mass is 35.5. The zero-order chi connectivity index (χ0) is 17.6. The predicted molar refractivity (Wildman–Crippen MR) is 107 cm³/mol. The molecule has 1 aromatic carbocycles. The number of piperidine rings is 1. The van der Waals surface area contributed by atoms with E-state index in [1.807, 2.05) is 24.3 Å². The summed E-state index contributed by atoms with van der Waals surface area (Å²) in [5, 5.41) is 4.14. The molecule has 146 valence electrons. The molecule has 3 rings (SSSR count). The Morgan fingerprint density at radius 2 is 2.12 bits per heavy atom. The monoisotopic (exact) mass is 401 g/mol. The molecule has 2 aliphatic heterocycles. The number of ether oxygens (including phenoxy) is 1. The van der Waals surface area contributed by atoms with E-state index in [4.69, 9.17) is 16.3 Å². The van der Waals surface area contributed by atoms with Gasteiger partial charge in [-0.1, -0.05) is 23.7 Å². The van der Waals surface area contributed by atoms with Crippen molar-refractivity contribution in [2.24, 2.45) is 5.92 Å². The van der Waals surface area contributed by atoms with E-state index in [0.717, 1.165) is 57.3 Å². The van der Waals surface area contributed by atoms with Crippen molar-refractivity contribution in [3.8, 4) is 0 Å². The van der Waals surface area contributed by atoms with E-state index >= 15 is 0 Å². The first-order valence-electron chi connectivity index (χ1n) is 9.18. The number of methoxy groups -OCH3 is 1. The lowest BCUT2D eigenvalue weighted by molar-refractivity contribution is -0.148. The van der Waals surface area contributed by atoms with Crippen LogP contribution in [0.15, 0.2) is 24.3 Å². The molecule has 0 aromatic heterocycles. The highest BCUT2D eigenvalue weighted by Crippen LogP contribution is 2.26. The average molecular weight is 402 g/mol. The second-order valence-corrected chi connectivity index (χ2v) is 7.47. The first kappa shape index (κ1) is 21.5. The van der Waals surface area contributed by atoms with Gasteiger partial charge in [-0.25, -0.2) is 4.79 Å². The van der Waals surface area contributed by atoms with Crippen molar-refractivity contribution in [2.45, 2.75) is 18.9 Å². The Balaban J connectivity index is 0.00000243. The summed E-state index contributed by atoms with van der Waals surface area (Å²) < 4.78 is 5.06. The molecule has 0 amide bonds. The first-order chi connectivity index (χ1) is 12.2. The zero-order valence-electron chi connectivity index (χ0n) is 15.3. The van der Waals surface area contributed by atoms with Crippen LogP contribution in [0.3, 0.4) is 0 Å². The van der Waals surface area contributed by atoms with Crippen LogP contribution in [0.25, 0.3) is 0 Å². The highest BCUT2D eigenvalue weighted by molar-refractivity contribution is 6.30. The fourth-order valence-electron chi connectivity index (χ4n) is 3.93. The van der Waals surface area contributed by atoms with Crippen molar-refractivity contribution in [3.05, 3.63) is 34.9 Å². The number of rotatable bonds is 5. The summed E-state index contributed by atoms with van der Waals surface area (Å²) in [7, 11) is 1.45. The molecule has 0 spiro atoms. The summed E-state index contributed by atoms with van der Waals surface area (Å²) in [6, 6.07) is 7.16. The second kappa shape index (κ2) is 10.5. The largest absolute Gasteiger partial charge is 0.468 e. The number of carbonyl (C=O) groups is 1. The molecule has 0 aliphatic carbocycles. The van der Waals surface area contributed by atoms with Gasteiger partial charge < -0.3 is 15.0 Å². The number of esters is 1. The van der Waals surface area contributed by atoms with Crippen molar-refractivity contribution in [1.29, 1.82) is 0 Å². The van der Waals surface area contributed by atoms with Gasteiger partial charge in [-0.3, -0.25) is 4.90 Å². The highest BCUT2D eigenvalue weighted by Gasteiger charge is 2.32. The van der Waals surface area contributed by atoms with Crippen LogP contribution in [-0.2, 0) is 9.53 Å². The van der Waals surface area contributed by atoms with Gasteiger partial charge in [0.2, 0.25) is 0 Å². The molecular formula is C19H29Cl2N3O2. The normalized spacial score (nSPS) is 23.1. The Labute approximate surface area is 167 Å². The number of benzene rings is 1. The van der Waals surface area contributed by atoms with Gasteiger partial charge in [0.05, 0.1) is 7.11 Å². The summed E-state index contributed by atoms with van der Waals surface area (Å²) in [5.41, 5.74) is 0.907. The van der Waals surface area contributed by atoms with Crippen LogP contribution in [-0.4, -0.2) is 68.7 Å². The van der Waals surface area contributed by atoms with E-state index in [1.165, 1.54) is 20.0 Å². The maximum Gasteiger partial charge on any atom is 0.327 e. The fraction of sp³-hybridized carbons (Fsp3) is 0.632. The molecule has 5 nitrogen and oxygen atoms in total. The van der Waals surface area contributed by atoms with Gasteiger partial charge in [0, 0.05) is 37.7 Å². The van der Waals surface area contributed by atoms with Crippen molar-refractivity contribution in [1.82, 2.24) is 15.1 Å². The van der Waals surface area contributed by atoms with Gasteiger partial charge in [-0.05, 0) is 49.5 Å². The molecule has 1 aromatic rings. The van der Waals surface area contributed by atoms with Crippen LogP contribution < -0.4 is 5.32 Å². The lowest BCUT2D eigenvalue weighted by atomic mass is 9.98. The van der Waals surface area contributed by atoms with Crippen LogP contribution in [0.1, 0.15) is 24.4 Å². The van der Waals surface area contributed by atoms with Gasteiger partial charge in [0.25, 0.3) is 0 Å². The summed E-state index contributed by atoms with van der Waals surface area (Å²) in [6.45, 7) is 7.16. The van der Waals surface area contributed by atoms with Gasteiger partial charge in [-0.15, -0.1) is 12.4 Å². The van der Waals surface area contributed by atoms with Crippen LogP contribution >= 0.6 is 24.0 Å². The molecule has 2 heterocycles. The Morgan fingerprint density at radius 1 is 1.35 bits per heavy atom. The molecule has 26 heavy (non-hydrogen) atoms. The molecule has 7 heteroatoms. The average Bonchev–Trinajstić information content (AvgIpc) is 2.64. The third kappa shape index (κ3) is 5.57. The first-order valence-corrected chi connectivity index (χ1v) is 9.55. The number of halogens is 2. The van der Waals surface area contributed by atoms with Gasteiger partial charge in [-0.2, -0.15) is 0 Å². The van der Waals surface area contributed by atoms with Gasteiger partial charge in [0.1, 0.15) is 6.04 Å². The molecule has 2 atom stereocenters. The zero-order valence-corrected chi connectivity index (χ0v) is 16.9. The Morgan fingerprint density at radius 3 is 2.73 bits per heavy atom. The van der Waals surface area contributed by atoms with Crippen LogP contribution in [0.4, 0.5) is 0 Å². The summed E-state index contributed by atoms with van der Waals surface area (Å²) in [6.07, 6.45) is 2.60. The fourth-order valence-corrected chi connectivity index (χ4v) is 4.13. The quantitative estimate of drug-likeness (QED) is 0.768. The maximum absolute atomic E-state index is 12.4. The van der Waals surface area contributed by atoms with E-state index in [9.17, 15) is 4.79 Å². The number of hydrogen-bond donors (Lipinski definition) is 1. The smallest absolute Gasteiger partial charge is 0.327 e. The molecule has 2 aliphatic rings. The molecule has 2 fully saturated rings. The molecule has 2 unspecified atom stereocenters. The van der Waals surface area contributed by atoms with E-state index in [2.05, 4.69) is 15.1 Å². The molecule has 1 N–H and O–H groups in total. The Hall–Kier alpha value is -0.850. The number of piperazine rings is 1. The van der Waals surface area contributed by atoms with Crippen LogP contribution in [0, 0.1) is 5.92 Å². The van der Waals surface area contributed by atoms with Crippen LogP contribution in [0.2, 0.25) is 5.02 Å². The maximum atomic E-state index is 12.4.